The predicted molar refractivity (Wildman–Crippen MR) is 138 cm³/mol. The predicted octanol–water partition coefficient (Wildman–Crippen LogP) is 3.18. The molecule has 11 nitrogen and oxygen atoms in total. The smallest absolute Gasteiger partial charge is 0.272 e. The van der Waals surface area contributed by atoms with E-state index in [2.05, 4.69) is 36.1 Å². The van der Waals surface area contributed by atoms with Crippen molar-refractivity contribution in [2.24, 2.45) is 0 Å². The molecule has 3 fully saturated rings. The molecule has 8 rings (SSSR count). The van der Waals surface area contributed by atoms with Gasteiger partial charge < -0.3 is 14.4 Å². The molecule has 200 valence electrons. The number of nitrogens with zero attached hydrogens (tertiary/aromatic N) is 8. The Kier molecular flexibility index (Phi) is 5.72. The van der Waals surface area contributed by atoms with Gasteiger partial charge in [-0.25, -0.2) is 23.3 Å². The summed E-state index contributed by atoms with van der Waals surface area (Å²) in [6.07, 6.45) is 7.18. The third-order valence-corrected chi connectivity index (χ3v) is 7.43. The van der Waals surface area contributed by atoms with Crippen molar-refractivity contribution in [1.29, 1.82) is 0 Å². The molecule has 8 heterocycles. The molecule has 2 atom stereocenters. The van der Waals surface area contributed by atoms with Crippen LogP contribution in [0.5, 0.6) is 11.6 Å². The van der Waals surface area contributed by atoms with Crippen molar-refractivity contribution in [2.45, 2.75) is 31.5 Å². The van der Waals surface area contributed by atoms with E-state index in [-0.39, 0.29) is 5.75 Å². The van der Waals surface area contributed by atoms with Crippen LogP contribution in [-0.2, 0) is 6.54 Å². The maximum atomic E-state index is 12.8. The van der Waals surface area contributed by atoms with Gasteiger partial charge in [-0.1, -0.05) is 6.07 Å². The second kappa shape index (κ2) is 9.42. The average molecular weight is 534 g/mol. The minimum absolute atomic E-state index is 0.269. The molecule has 1 N–H and O–H groups in total. The summed E-state index contributed by atoms with van der Waals surface area (Å²) in [5.41, 5.74) is 3.75. The Balaban J connectivity index is 1.11. The van der Waals surface area contributed by atoms with E-state index < -0.39 is 13.0 Å². The maximum Gasteiger partial charge on any atom is 0.272 e. The van der Waals surface area contributed by atoms with Gasteiger partial charge in [-0.05, 0) is 18.1 Å². The quantitative estimate of drug-likeness (QED) is 0.322. The molecule has 5 aromatic rings. The van der Waals surface area contributed by atoms with Gasteiger partial charge in [0.05, 0.1) is 48.5 Å². The molecule has 0 saturated carbocycles. The van der Waals surface area contributed by atoms with Crippen LogP contribution in [0.1, 0.15) is 12.0 Å². The number of methoxy groups -OCH3 is 1. The van der Waals surface area contributed by atoms with Gasteiger partial charge in [0.1, 0.15) is 18.2 Å². The molecule has 0 amide bonds. The largest absolute Gasteiger partial charge is 0.486 e. The van der Waals surface area contributed by atoms with Gasteiger partial charge in [-0.15, -0.1) is 5.10 Å². The Morgan fingerprint density at radius 1 is 1.08 bits per heavy atom. The standard InChI is InChI=1S/C26H25F2N9O2/c1-38-24-3-2-15(6-31-24)10-36-16-4-17(36)12-35(11-16)23-9-29-21(8-30-23)19-5-18(39-14-22(27)28)13-37-25(19)20-7-32-33-26(20)34-37/h2-3,5-9,13,16-17,22H,4,10-12,14H2,1H3,(H,33,34). The number of fused-ring (bicyclic) bond motifs is 5. The van der Waals surface area contributed by atoms with Gasteiger partial charge in [-0.3, -0.25) is 15.0 Å². The van der Waals surface area contributed by atoms with E-state index in [4.69, 9.17) is 19.4 Å². The second-order valence-corrected chi connectivity index (χ2v) is 9.81. The number of aromatic nitrogens is 7. The fourth-order valence-electron chi connectivity index (χ4n) is 5.57. The molecule has 13 heteroatoms. The summed E-state index contributed by atoms with van der Waals surface area (Å²) in [6, 6.07) is 6.53. The number of alkyl halides is 2. The molecular formula is C26H25F2N9O2. The monoisotopic (exact) mass is 533 g/mol. The van der Waals surface area contributed by atoms with Crippen LogP contribution in [0, 0.1) is 0 Å². The van der Waals surface area contributed by atoms with Crippen LogP contribution in [-0.4, -0.2) is 85.0 Å². The van der Waals surface area contributed by atoms with E-state index in [1.807, 2.05) is 12.3 Å². The summed E-state index contributed by atoms with van der Waals surface area (Å²) in [5.74, 6) is 1.69. The fraction of sp³-hybridized carbons (Fsp3) is 0.346. The number of rotatable bonds is 8. The van der Waals surface area contributed by atoms with Gasteiger partial charge in [0.25, 0.3) is 6.43 Å². The van der Waals surface area contributed by atoms with E-state index in [9.17, 15) is 8.78 Å². The zero-order valence-electron chi connectivity index (χ0n) is 21.0. The molecule has 3 aliphatic heterocycles. The molecule has 39 heavy (non-hydrogen) atoms. The summed E-state index contributed by atoms with van der Waals surface area (Å²) >= 11 is 0. The van der Waals surface area contributed by atoms with Crippen LogP contribution in [0.25, 0.3) is 27.8 Å². The van der Waals surface area contributed by atoms with Crippen molar-refractivity contribution in [1.82, 2.24) is 39.7 Å². The van der Waals surface area contributed by atoms with Crippen molar-refractivity contribution in [3.8, 4) is 22.9 Å². The lowest BCUT2D eigenvalue weighted by Gasteiger charge is -2.56. The number of pyridine rings is 2. The summed E-state index contributed by atoms with van der Waals surface area (Å²) in [6.45, 7) is 1.89. The maximum absolute atomic E-state index is 12.8. The Labute approximate surface area is 221 Å². The first-order valence-corrected chi connectivity index (χ1v) is 12.6. The number of ether oxygens (including phenoxy) is 2. The first-order chi connectivity index (χ1) is 19.1. The summed E-state index contributed by atoms with van der Waals surface area (Å²) < 4.78 is 37.6. The number of aromatic amines is 1. The van der Waals surface area contributed by atoms with Gasteiger partial charge in [0, 0.05) is 49.5 Å². The molecule has 2 unspecified atom stereocenters. The molecule has 0 aromatic carbocycles. The summed E-state index contributed by atoms with van der Waals surface area (Å²) in [4.78, 5) is 18.5. The first kappa shape index (κ1) is 23.7. The van der Waals surface area contributed by atoms with E-state index in [1.165, 1.54) is 5.56 Å². The summed E-state index contributed by atoms with van der Waals surface area (Å²) in [7, 11) is 1.62. The van der Waals surface area contributed by atoms with E-state index in [1.54, 1.807) is 42.5 Å². The minimum Gasteiger partial charge on any atom is -0.486 e. The number of halogens is 2. The molecule has 3 aliphatic rings. The van der Waals surface area contributed by atoms with Crippen molar-refractivity contribution < 1.29 is 18.3 Å². The molecule has 2 bridgehead atoms. The van der Waals surface area contributed by atoms with Gasteiger partial charge >= 0.3 is 0 Å². The minimum atomic E-state index is -2.58. The van der Waals surface area contributed by atoms with Crippen LogP contribution < -0.4 is 14.4 Å². The normalized spacial score (nSPS) is 19.1. The highest BCUT2D eigenvalue weighted by Crippen LogP contribution is 2.36. The average Bonchev–Trinajstić information content (AvgIpc) is 3.56. The molecule has 0 radical (unpaired) electrons. The third kappa shape index (κ3) is 4.28. The Morgan fingerprint density at radius 2 is 1.95 bits per heavy atom. The van der Waals surface area contributed by atoms with Crippen molar-refractivity contribution in [3.63, 3.8) is 0 Å². The molecule has 3 saturated heterocycles. The van der Waals surface area contributed by atoms with Crippen molar-refractivity contribution in [2.75, 3.05) is 31.7 Å². The highest BCUT2D eigenvalue weighted by Gasteiger charge is 2.44. The highest BCUT2D eigenvalue weighted by molar-refractivity contribution is 6.00. The number of H-pyrrole nitrogens is 1. The van der Waals surface area contributed by atoms with Crippen LogP contribution in [0.2, 0.25) is 0 Å². The summed E-state index contributed by atoms with van der Waals surface area (Å²) in [5, 5.41) is 12.2. The lowest BCUT2D eigenvalue weighted by atomic mass is 9.87. The van der Waals surface area contributed by atoms with Gasteiger partial charge in [0.15, 0.2) is 5.65 Å². The van der Waals surface area contributed by atoms with Gasteiger partial charge in [-0.2, -0.15) is 5.10 Å². The number of hydrogen-bond donors (Lipinski definition) is 1. The first-order valence-electron chi connectivity index (χ1n) is 12.6. The number of anilines is 1. The van der Waals surface area contributed by atoms with Crippen LogP contribution in [0.3, 0.4) is 0 Å². The zero-order valence-corrected chi connectivity index (χ0v) is 21.0. The lowest BCUT2D eigenvalue weighted by Crippen LogP contribution is -2.68. The Hall–Kier alpha value is -4.39. The number of nitrogens with one attached hydrogen (secondary N) is 1. The highest BCUT2D eigenvalue weighted by atomic mass is 19.3. The molecule has 0 spiro atoms. The molecule has 0 aliphatic carbocycles. The van der Waals surface area contributed by atoms with E-state index in [0.717, 1.165) is 42.8 Å². The van der Waals surface area contributed by atoms with E-state index >= 15 is 0 Å². The van der Waals surface area contributed by atoms with Crippen LogP contribution >= 0.6 is 0 Å². The fourth-order valence-corrected chi connectivity index (χ4v) is 5.57. The number of piperazine rings is 1. The number of piperidine rings is 1. The second-order valence-electron chi connectivity index (χ2n) is 9.81. The van der Waals surface area contributed by atoms with Gasteiger partial charge in [0.2, 0.25) is 5.88 Å². The third-order valence-electron chi connectivity index (χ3n) is 7.43. The lowest BCUT2D eigenvalue weighted by molar-refractivity contribution is -0.00879. The zero-order chi connectivity index (χ0) is 26.5. The molecule has 5 aromatic heterocycles. The Bertz CT molecular complexity index is 1610. The SMILES string of the molecule is COc1ccc(CN2C3CC2CN(c2cnc(-c4cc(OCC(F)F)cn5nc6[nH]ncc6c45)cn2)C3)cn1. The van der Waals surface area contributed by atoms with E-state index in [0.29, 0.717) is 34.9 Å². The van der Waals surface area contributed by atoms with Crippen LogP contribution in [0.15, 0.2) is 49.2 Å². The topological polar surface area (TPSA) is 110 Å². The van der Waals surface area contributed by atoms with Crippen molar-refractivity contribution in [3.05, 3.63) is 54.7 Å². The van der Waals surface area contributed by atoms with Crippen LogP contribution in [0.4, 0.5) is 14.6 Å². The number of hydrogen-bond acceptors (Lipinski definition) is 9. The molecular weight excluding hydrogens is 508 g/mol. The van der Waals surface area contributed by atoms with Crippen molar-refractivity contribution >= 4 is 22.4 Å². The Morgan fingerprint density at radius 3 is 2.67 bits per heavy atom.